The molecule has 1 heteroatoms. The van der Waals surface area contributed by atoms with Crippen molar-refractivity contribution < 1.29 is 0 Å². The molecule has 2 aliphatic carbocycles. The first-order valence-corrected chi connectivity index (χ1v) is 8.46. The van der Waals surface area contributed by atoms with Gasteiger partial charge in [-0.05, 0) is 68.1 Å². The summed E-state index contributed by atoms with van der Waals surface area (Å²) in [6, 6.07) is 7.92. The number of aryl methyl sites for hydroxylation is 2. The molecule has 0 aliphatic heterocycles. The van der Waals surface area contributed by atoms with Crippen LogP contribution < -0.4 is 5.32 Å². The van der Waals surface area contributed by atoms with Gasteiger partial charge < -0.3 is 5.32 Å². The molecule has 0 atom stereocenters. The van der Waals surface area contributed by atoms with E-state index in [1.807, 2.05) is 0 Å². The van der Waals surface area contributed by atoms with Crippen LogP contribution in [0.4, 0.5) is 0 Å². The molecular weight excluding hydrogens is 242 g/mol. The highest BCUT2D eigenvalue weighted by atomic mass is 15.0. The summed E-state index contributed by atoms with van der Waals surface area (Å²) in [5, 5.41) is 3.81. The van der Waals surface area contributed by atoms with Crippen molar-refractivity contribution in [2.24, 2.45) is 5.41 Å². The molecule has 1 nitrogen and oxygen atoms in total. The van der Waals surface area contributed by atoms with Crippen molar-refractivity contribution in [3.8, 4) is 0 Å². The van der Waals surface area contributed by atoms with Gasteiger partial charge >= 0.3 is 0 Å². The molecular formula is C19H29N. The highest BCUT2D eigenvalue weighted by molar-refractivity contribution is 5.30. The van der Waals surface area contributed by atoms with Crippen LogP contribution in [-0.4, -0.2) is 12.6 Å². The summed E-state index contributed by atoms with van der Waals surface area (Å²) in [6.45, 7) is 5.70. The van der Waals surface area contributed by atoms with Gasteiger partial charge in [-0.3, -0.25) is 0 Å². The molecule has 0 saturated heterocycles. The van der Waals surface area contributed by atoms with Crippen LogP contribution >= 0.6 is 0 Å². The van der Waals surface area contributed by atoms with Gasteiger partial charge in [0.15, 0.2) is 0 Å². The predicted octanol–water partition coefficient (Wildman–Crippen LogP) is 4.55. The monoisotopic (exact) mass is 271 g/mol. The molecule has 2 saturated carbocycles. The normalized spacial score (nSPS) is 21.9. The molecule has 0 unspecified atom stereocenters. The molecule has 20 heavy (non-hydrogen) atoms. The Morgan fingerprint density at radius 1 is 1.05 bits per heavy atom. The Morgan fingerprint density at radius 2 is 1.80 bits per heavy atom. The summed E-state index contributed by atoms with van der Waals surface area (Å²) in [5.74, 6) is 0. The van der Waals surface area contributed by atoms with Gasteiger partial charge in [-0.15, -0.1) is 0 Å². The van der Waals surface area contributed by atoms with Crippen molar-refractivity contribution in [3.63, 3.8) is 0 Å². The van der Waals surface area contributed by atoms with Gasteiger partial charge in [-0.2, -0.15) is 0 Å². The minimum Gasteiger partial charge on any atom is -0.313 e. The Balaban J connectivity index is 1.71. The van der Waals surface area contributed by atoms with Crippen LogP contribution in [0, 0.1) is 19.3 Å². The van der Waals surface area contributed by atoms with Crippen LogP contribution in [-0.2, 0) is 6.42 Å². The van der Waals surface area contributed by atoms with Crippen molar-refractivity contribution in [2.45, 2.75) is 71.3 Å². The van der Waals surface area contributed by atoms with Gasteiger partial charge in [0.1, 0.15) is 0 Å². The number of hydrogen-bond donors (Lipinski definition) is 1. The van der Waals surface area contributed by atoms with E-state index in [-0.39, 0.29) is 0 Å². The first-order valence-electron chi connectivity index (χ1n) is 8.46. The second-order valence-corrected chi connectivity index (χ2v) is 7.31. The topological polar surface area (TPSA) is 12.0 Å². The maximum Gasteiger partial charge on any atom is 0.00684 e. The molecule has 0 radical (unpaired) electrons. The van der Waals surface area contributed by atoms with E-state index in [1.54, 1.807) is 5.56 Å². The fourth-order valence-electron chi connectivity index (χ4n) is 3.71. The lowest BCUT2D eigenvalue weighted by molar-refractivity contribution is 0.180. The van der Waals surface area contributed by atoms with Gasteiger partial charge in [0, 0.05) is 12.6 Å². The molecule has 2 fully saturated rings. The van der Waals surface area contributed by atoms with E-state index >= 15 is 0 Å². The van der Waals surface area contributed by atoms with Crippen molar-refractivity contribution in [3.05, 3.63) is 34.9 Å². The van der Waals surface area contributed by atoms with E-state index in [9.17, 15) is 0 Å². The quantitative estimate of drug-likeness (QED) is 0.828. The summed E-state index contributed by atoms with van der Waals surface area (Å²) < 4.78 is 0. The van der Waals surface area contributed by atoms with E-state index < -0.39 is 0 Å². The first-order chi connectivity index (χ1) is 9.67. The Kier molecular flexibility index (Phi) is 4.16. The van der Waals surface area contributed by atoms with Gasteiger partial charge in [0.2, 0.25) is 0 Å². The molecule has 0 amide bonds. The van der Waals surface area contributed by atoms with Gasteiger partial charge in [-0.1, -0.05) is 37.5 Å². The van der Waals surface area contributed by atoms with Gasteiger partial charge in [-0.25, -0.2) is 0 Å². The van der Waals surface area contributed by atoms with Gasteiger partial charge in [0.05, 0.1) is 0 Å². The maximum atomic E-state index is 3.81. The SMILES string of the molecule is Cc1ccc(CC2(CNC3CC3)CCCCC2)cc1C. The molecule has 1 N–H and O–H groups in total. The summed E-state index contributed by atoms with van der Waals surface area (Å²) in [7, 11) is 0. The Bertz CT molecular complexity index is 453. The molecule has 1 aromatic rings. The maximum absolute atomic E-state index is 3.81. The largest absolute Gasteiger partial charge is 0.313 e. The zero-order valence-electron chi connectivity index (χ0n) is 13.2. The van der Waals surface area contributed by atoms with E-state index in [4.69, 9.17) is 0 Å². The van der Waals surface area contributed by atoms with Crippen molar-refractivity contribution in [1.29, 1.82) is 0 Å². The molecule has 0 heterocycles. The third-order valence-corrected chi connectivity index (χ3v) is 5.41. The zero-order valence-corrected chi connectivity index (χ0v) is 13.2. The summed E-state index contributed by atoms with van der Waals surface area (Å²) in [5.41, 5.74) is 4.95. The van der Waals surface area contributed by atoms with E-state index in [0.29, 0.717) is 5.41 Å². The molecule has 0 aromatic heterocycles. The van der Waals surface area contributed by atoms with Crippen LogP contribution in [0.2, 0.25) is 0 Å². The number of nitrogens with one attached hydrogen (secondary N) is 1. The fourth-order valence-corrected chi connectivity index (χ4v) is 3.71. The van der Waals surface area contributed by atoms with Crippen molar-refractivity contribution in [2.75, 3.05) is 6.54 Å². The van der Waals surface area contributed by atoms with E-state index in [0.717, 1.165) is 6.04 Å². The third kappa shape index (κ3) is 3.44. The lowest BCUT2D eigenvalue weighted by atomic mass is 9.70. The van der Waals surface area contributed by atoms with Gasteiger partial charge in [0.25, 0.3) is 0 Å². The first kappa shape index (κ1) is 14.1. The van der Waals surface area contributed by atoms with Crippen molar-refractivity contribution in [1.82, 2.24) is 5.32 Å². The van der Waals surface area contributed by atoms with E-state index in [2.05, 4.69) is 37.4 Å². The standard InChI is InChI=1S/C19H29N/c1-15-6-7-17(12-16(15)2)13-19(10-4-3-5-11-19)14-20-18-8-9-18/h6-7,12,18,20H,3-5,8-11,13-14H2,1-2H3. The highest BCUT2D eigenvalue weighted by Gasteiger charge is 2.34. The zero-order chi connectivity index (χ0) is 14.0. The van der Waals surface area contributed by atoms with Crippen LogP contribution in [0.1, 0.15) is 61.6 Å². The molecule has 0 spiro atoms. The molecule has 2 aliphatic rings. The summed E-state index contributed by atoms with van der Waals surface area (Å²) in [6.07, 6.45) is 11.2. The van der Waals surface area contributed by atoms with Crippen LogP contribution in [0.3, 0.4) is 0 Å². The van der Waals surface area contributed by atoms with Crippen LogP contribution in [0.15, 0.2) is 18.2 Å². The number of rotatable bonds is 5. The van der Waals surface area contributed by atoms with Crippen molar-refractivity contribution >= 4 is 0 Å². The lowest BCUT2D eigenvalue weighted by Crippen LogP contribution is -2.38. The highest BCUT2D eigenvalue weighted by Crippen LogP contribution is 2.39. The van der Waals surface area contributed by atoms with Crippen LogP contribution in [0.5, 0.6) is 0 Å². The average molecular weight is 271 g/mol. The predicted molar refractivity (Wildman–Crippen MR) is 86.2 cm³/mol. The fraction of sp³-hybridized carbons (Fsp3) is 0.684. The summed E-state index contributed by atoms with van der Waals surface area (Å²) >= 11 is 0. The molecule has 0 bridgehead atoms. The minimum absolute atomic E-state index is 0.530. The lowest BCUT2D eigenvalue weighted by Gasteiger charge is -2.38. The summed E-state index contributed by atoms with van der Waals surface area (Å²) in [4.78, 5) is 0. The Labute approximate surface area is 124 Å². The minimum atomic E-state index is 0.530. The molecule has 110 valence electrons. The van der Waals surface area contributed by atoms with E-state index in [1.165, 1.54) is 69.0 Å². The smallest absolute Gasteiger partial charge is 0.00684 e. The number of hydrogen-bond acceptors (Lipinski definition) is 1. The Hall–Kier alpha value is -0.820. The second-order valence-electron chi connectivity index (χ2n) is 7.31. The average Bonchev–Trinajstić information content (AvgIpc) is 3.26. The Morgan fingerprint density at radius 3 is 2.45 bits per heavy atom. The second kappa shape index (κ2) is 5.89. The molecule has 3 rings (SSSR count). The number of benzene rings is 1. The molecule has 1 aromatic carbocycles. The van der Waals surface area contributed by atoms with Crippen LogP contribution in [0.25, 0.3) is 0 Å². The third-order valence-electron chi connectivity index (χ3n) is 5.41.